The summed E-state index contributed by atoms with van der Waals surface area (Å²) in [6, 6.07) is 9.86. The van der Waals surface area contributed by atoms with Crippen molar-refractivity contribution in [2.24, 2.45) is 0 Å². The summed E-state index contributed by atoms with van der Waals surface area (Å²) in [7, 11) is 0. The number of ether oxygens (including phenoxy) is 1. The minimum atomic E-state index is -0.900. The van der Waals surface area contributed by atoms with Crippen molar-refractivity contribution in [3.05, 3.63) is 52.0 Å². The lowest BCUT2D eigenvalue weighted by atomic mass is 9.98. The van der Waals surface area contributed by atoms with Crippen LogP contribution in [0.15, 0.2) is 30.3 Å². The zero-order valence-electron chi connectivity index (χ0n) is 9.50. The van der Waals surface area contributed by atoms with Gasteiger partial charge in [0.15, 0.2) is 0 Å². The molecule has 0 aliphatic carbocycles. The molecule has 2 aromatic rings. The van der Waals surface area contributed by atoms with Gasteiger partial charge in [-0.05, 0) is 17.1 Å². The Morgan fingerprint density at radius 2 is 2.17 bits per heavy atom. The summed E-state index contributed by atoms with van der Waals surface area (Å²) >= 11 is 1.04. The third kappa shape index (κ3) is 1.91. The molecule has 0 amide bonds. The molecule has 3 rings (SSSR count). The van der Waals surface area contributed by atoms with E-state index in [1.807, 2.05) is 30.3 Å². The highest BCUT2D eigenvalue weighted by Crippen LogP contribution is 2.33. The lowest BCUT2D eigenvalue weighted by molar-refractivity contribution is 0.0254. The van der Waals surface area contributed by atoms with E-state index in [0.29, 0.717) is 17.9 Å². The van der Waals surface area contributed by atoms with Crippen molar-refractivity contribution in [3.8, 4) is 0 Å². The zero-order chi connectivity index (χ0) is 12.5. The highest BCUT2D eigenvalue weighted by Gasteiger charge is 2.27. The van der Waals surface area contributed by atoms with Crippen LogP contribution in [-0.2, 0) is 17.8 Å². The van der Waals surface area contributed by atoms with Crippen LogP contribution < -0.4 is 0 Å². The van der Waals surface area contributed by atoms with Crippen LogP contribution in [-0.4, -0.2) is 15.4 Å². The van der Waals surface area contributed by atoms with Crippen LogP contribution in [0.5, 0.6) is 0 Å². The van der Waals surface area contributed by atoms with E-state index in [1.54, 1.807) is 0 Å². The second kappa shape index (κ2) is 4.51. The summed E-state index contributed by atoms with van der Waals surface area (Å²) in [6.45, 7) is 0.388. The number of nitrogens with zero attached hydrogens (tertiary/aromatic N) is 1. The van der Waals surface area contributed by atoms with Gasteiger partial charge in [-0.25, -0.2) is 4.79 Å². The second-order valence-electron chi connectivity index (χ2n) is 4.16. The number of rotatable bonds is 2. The molecule has 0 radical (unpaired) electrons. The van der Waals surface area contributed by atoms with Crippen LogP contribution in [0.1, 0.15) is 32.6 Å². The molecule has 0 saturated carbocycles. The molecular formula is C13H11NO3S. The molecule has 2 heterocycles. The average Bonchev–Trinajstić information content (AvgIpc) is 2.82. The van der Waals surface area contributed by atoms with Crippen molar-refractivity contribution in [1.82, 2.24) is 4.37 Å². The Balaban J connectivity index is 1.93. The average molecular weight is 261 g/mol. The molecule has 1 atom stereocenters. The number of hydrogen-bond acceptors (Lipinski definition) is 4. The molecule has 0 spiro atoms. The SMILES string of the molecule is O=C(O)c1snc2c1CC(c1ccccc1)OC2. The molecule has 1 unspecified atom stereocenters. The first-order valence-electron chi connectivity index (χ1n) is 5.63. The van der Waals surface area contributed by atoms with E-state index < -0.39 is 5.97 Å². The predicted octanol–water partition coefficient (Wildman–Crippen LogP) is 2.66. The van der Waals surface area contributed by atoms with Gasteiger partial charge in [-0.15, -0.1) is 0 Å². The van der Waals surface area contributed by atoms with Crippen molar-refractivity contribution in [3.63, 3.8) is 0 Å². The maximum absolute atomic E-state index is 11.1. The van der Waals surface area contributed by atoms with Gasteiger partial charge in [-0.3, -0.25) is 0 Å². The first kappa shape index (κ1) is 11.4. The summed E-state index contributed by atoms with van der Waals surface area (Å²) in [4.78, 5) is 11.4. The maximum atomic E-state index is 11.1. The van der Waals surface area contributed by atoms with Gasteiger partial charge < -0.3 is 9.84 Å². The number of benzene rings is 1. The van der Waals surface area contributed by atoms with Gasteiger partial charge in [0.25, 0.3) is 0 Å². The van der Waals surface area contributed by atoms with E-state index in [-0.39, 0.29) is 6.10 Å². The molecule has 0 bridgehead atoms. The number of aromatic nitrogens is 1. The third-order valence-electron chi connectivity index (χ3n) is 3.05. The molecule has 92 valence electrons. The minimum absolute atomic E-state index is 0.0757. The van der Waals surface area contributed by atoms with Gasteiger partial charge in [-0.2, -0.15) is 4.37 Å². The fourth-order valence-electron chi connectivity index (χ4n) is 2.14. The summed E-state index contributed by atoms with van der Waals surface area (Å²) < 4.78 is 9.88. The molecule has 1 N–H and O–H groups in total. The largest absolute Gasteiger partial charge is 0.477 e. The van der Waals surface area contributed by atoms with Crippen molar-refractivity contribution in [2.75, 3.05) is 0 Å². The Bertz CT molecular complexity index is 579. The van der Waals surface area contributed by atoms with Crippen LogP contribution in [0.25, 0.3) is 0 Å². The molecule has 1 aliphatic heterocycles. The Morgan fingerprint density at radius 3 is 2.89 bits per heavy atom. The third-order valence-corrected chi connectivity index (χ3v) is 3.96. The van der Waals surface area contributed by atoms with Crippen molar-refractivity contribution < 1.29 is 14.6 Å². The number of carboxylic acids is 1. The van der Waals surface area contributed by atoms with E-state index in [9.17, 15) is 4.79 Å². The number of aromatic carboxylic acids is 1. The van der Waals surface area contributed by atoms with E-state index >= 15 is 0 Å². The fourth-order valence-corrected chi connectivity index (χ4v) is 2.89. The van der Waals surface area contributed by atoms with Gasteiger partial charge in [-0.1, -0.05) is 30.3 Å². The summed E-state index contributed by atoms with van der Waals surface area (Å²) in [5.41, 5.74) is 2.67. The smallest absolute Gasteiger partial charge is 0.347 e. The number of hydrogen-bond donors (Lipinski definition) is 1. The molecule has 1 aromatic heterocycles. The maximum Gasteiger partial charge on any atom is 0.347 e. The number of carbonyl (C=O) groups is 1. The topological polar surface area (TPSA) is 59.4 Å². The molecule has 1 aliphatic rings. The number of fused-ring (bicyclic) bond motifs is 1. The minimum Gasteiger partial charge on any atom is -0.477 e. The first-order chi connectivity index (χ1) is 8.75. The monoisotopic (exact) mass is 261 g/mol. The van der Waals surface area contributed by atoms with E-state index in [4.69, 9.17) is 9.84 Å². The van der Waals surface area contributed by atoms with Crippen LogP contribution in [0, 0.1) is 0 Å². The predicted molar refractivity (Wildman–Crippen MR) is 66.7 cm³/mol. The van der Waals surface area contributed by atoms with Gasteiger partial charge in [0.2, 0.25) is 0 Å². The molecule has 5 heteroatoms. The van der Waals surface area contributed by atoms with Crippen molar-refractivity contribution in [2.45, 2.75) is 19.1 Å². The number of carboxylic acid groups (broad SMARTS) is 1. The summed E-state index contributed by atoms with van der Waals surface area (Å²) in [5, 5.41) is 9.12. The van der Waals surface area contributed by atoms with Gasteiger partial charge >= 0.3 is 5.97 Å². The van der Waals surface area contributed by atoms with Crippen LogP contribution in [0.2, 0.25) is 0 Å². The Morgan fingerprint density at radius 1 is 1.39 bits per heavy atom. The molecule has 4 nitrogen and oxygen atoms in total. The molecule has 1 aromatic carbocycles. The lowest BCUT2D eigenvalue weighted by Crippen LogP contribution is -2.16. The fraction of sp³-hybridized carbons (Fsp3) is 0.231. The van der Waals surface area contributed by atoms with Gasteiger partial charge in [0.1, 0.15) is 4.88 Å². The van der Waals surface area contributed by atoms with Crippen molar-refractivity contribution in [1.29, 1.82) is 0 Å². The van der Waals surface area contributed by atoms with Gasteiger partial charge in [0.05, 0.1) is 18.4 Å². The quantitative estimate of drug-likeness (QED) is 0.902. The summed E-state index contributed by atoms with van der Waals surface area (Å²) in [6.07, 6.45) is 0.505. The second-order valence-corrected chi connectivity index (χ2v) is 4.93. The first-order valence-corrected chi connectivity index (χ1v) is 6.40. The van der Waals surface area contributed by atoms with Crippen LogP contribution in [0.4, 0.5) is 0 Å². The highest BCUT2D eigenvalue weighted by atomic mass is 32.1. The standard InChI is InChI=1S/C13H11NO3S/c15-13(16)12-9-6-11(8-4-2-1-3-5-8)17-7-10(9)14-18-12/h1-5,11H,6-7H2,(H,15,16). The van der Waals surface area contributed by atoms with E-state index in [0.717, 1.165) is 28.4 Å². The lowest BCUT2D eigenvalue weighted by Gasteiger charge is -2.23. The highest BCUT2D eigenvalue weighted by molar-refractivity contribution is 7.08. The zero-order valence-corrected chi connectivity index (χ0v) is 10.3. The molecule has 18 heavy (non-hydrogen) atoms. The Labute approximate surface area is 108 Å². The Hall–Kier alpha value is -1.72. The van der Waals surface area contributed by atoms with Crippen molar-refractivity contribution >= 4 is 17.5 Å². The molecular weight excluding hydrogens is 250 g/mol. The van der Waals surface area contributed by atoms with Crippen LogP contribution in [0.3, 0.4) is 0 Å². The molecule has 0 saturated heterocycles. The summed E-state index contributed by atoms with van der Waals surface area (Å²) in [5.74, 6) is -0.900. The van der Waals surface area contributed by atoms with Gasteiger partial charge in [0, 0.05) is 12.0 Å². The normalized spacial score (nSPS) is 18.3. The van der Waals surface area contributed by atoms with E-state index in [1.165, 1.54) is 0 Å². The molecule has 0 fully saturated rings. The van der Waals surface area contributed by atoms with E-state index in [2.05, 4.69) is 4.37 Å². The van der Waals surface area contributed by atoms with Crippen LogP contribution >= 0.6 is 11.5 Å². The Kier molecular flexibility index (Phi) is 2.85.